The monoisotopic (exact) mass is 589 g/mol. The van der Waals surface area contributed by atoms with E-state index in [1.165, 1.54) is 26.4 Å². The van der Waals surface area contributed by atoms with Gasteiger partial charge in [-0.25, -0.2) is 4.39 Å². The number of anilines is 1. The summed E-state index contributed by atoms with van der Waals surface area (Å²) in [5.41, 5.74) is 0.884. The van der Waals surface area contributed by atoms with Gasteiger partial charge in [0.25, 0.3) is 0 Å². The molecule has 0 aromatic heterocycles. The summed E-state index contributed by atoms with van der Waals surface area (Å²) in [5, 5.41) is 0. The Bertz CT molecular complexity index is 1850. The molecule has 1 aliphatic carbocycles. The van der Waals surface area contributed by atoms with Crippen LogP contribution in [0.4, 0.5) is 10.1 Å². The number of fused-ring (bicyclic) bond motifs is 5. The second-order valence-corrected chi connectivity index (χ2v) is 11.1. The van der Waals surface area contributed by atoms with E-state index < -0.39 is 29.2 Å². The summed E-state index contributed by atoms with van der Waals surface area (Å²) in [6.45, 7) is 0. The first-order valence-corrected chi connectivity index (χ1v) is 14.2. The van der Waals surface area contributed by atoms with Crippen molar-refractivity contribution in [2.24, 2.45) is 5.41 Å². The van der Waals surface area contributed by atoms with Gasteiger partial charge in [0.1, 0.15) is 34.5 Å². The second kappa shape index (κ2) is 10.2. The van der Waals surface area contributed by atoms with Crippen molar-refractivity contribution >= 4 is 29.1 Å². The van der Waals surface area contributed by atoms with Crippen LogP contribution in [0.15, 0.2) is 91.0 Å². The molecule has 4 aromatic carbocycles. The highest BCUT2D eigenvalue weighted by atomic mass is 19.1. The fourth-order valence-corrected chi connectivity index (χ4v) is 7.29. The van der Waals surface area contributed by atoms with E-state index in [0.717, 1.165) is 0 Å². The lowest BCUT2D eigenvalue weighted by Crippen LogP contribution is -2.48. The van der Waals surface area contributed by atoms with Gasteiger partial charge in [-0.1, -0.05) is 42.5 Å². The molecule has 0 amide bonds. The number of carbonyl (C=O) groups is 3. The molecule has 0 bridgehead atoms. The van der Waals surface area contributed by atoms with Gasteiger partial charge in [0.15, 0.2) is 17.3 Å². The van der Waals surface area contributed by atoms with Crippen molar-refractivity contribution < 1.29 is 33.0 Å². The Balaban J connectivity index is 1.55. The zero-order valence-corrected chi connectivity index (χ0v) is 24.2. The molecule has 44 heavy (non-hydrogen) atoms. The van der Waals surface area contributed by atoms with Crippen molar-refractivity contribution in [2.75, 3.05) is 26.2 Å². The van der Waals surface area contributed by atoms with Crippen LogP contribution < -0.4 is 19.1 Å². The van der Waals surface area contributed by atoms with Gasteiger partial charge in [0.2, 0.25) is 0 Å². The largest absolute Gasteiger partial charge is 0.497 e. The van der Waals surface area contributed by atoms with Crippen molar-refractivity contribution in [1.82, 2.24) is 0 Å². The fourth-order valence-electron chi connectivity index (χ4n) is 7.29. The fraction of sp³-hybridized carbons (Fsp3) is 0.194. The molecule has 0 saturated carbocycles. The van der Waals surface area contributed by atoms with E-state index in [9.17, 15) is 18.8 Å². The Morgan fingerprint density at radius 2 is 1.45 bits per heavy atom. The molecule has 0 radical (unpaired) electrons. The molecule has 3 aliphatic rings. The minimum atomic E-state index is -1.72. The minimum Gasteiger partial charge on any atom is -0.497 e. The van der Waals surface area contributed by atoms with Crippen LogP contribution in [-0.4, -0.2) is 50.8 Å². The first-order chi connectivity index (χ1) is 21.3. The number of methoxy groups -OCH3 is 3. The van der Waals surface area contributed by atoms with Crippen LogP contribution in [0.1, 0.15) is 48.1 Å². The average molecular weight is 590 g/mol. The normalized spacial score (nSPS) is 20.7. The molecule has 2 heterocycles. The number of hydrogen-bond acceptors (Lipinski definition) is 7. The third-order valence-electron chi connectivity index (χ3n) is 9.18. The van der Waals surface area contributed by atoms with Crippen LogP contribution in [0.5, 0.6) is 17.2 Å². The van der Waals surface area contributed by atoms with Crippen molar-refractivity contribution in [1.29, 1.82) is 0 Å². The van der Waals surface area contributed by atoms with Gasteiger partial charge in [-0.3, -0.25) is 14.4 Å². The molecule has 7 nitrogen and oxygen atoms in total. The molecule has 3 atom stereocenters. The second-order valence-electron chi connectivity index (χ2n) is 11.1. The maximum Gasteiger partial charge on any atom is 0.185 e. The predicted octanol–water partition coefficient (Wildman–Crippen LogP) is 6.17. The molecule has 1 spiro atoms. The summed E-state index contributed by atoms with van der Waals surface area (Å²) in [5.74, 6) is -0.993. The number of rotatable bonds is 6. The number of halogens is 1. The third-order valence-corrected chi connectivity index (χ3v) is 9.18. The highest BCUT2D eigenvalue weighted by molar-refractivity contribution is 6.32. The lowest BCUT2D eigenvalue weighted by molar-refractivity contribution is 0.0664. The van der Waals surface area contributed by atoms with Crippen LogP contribution in [0, 0.1) is 11.2 Å². The predicted molar refractivity (Wildman–Crippen MR) is 163 cm³/mol. The Morgan fingerprint density at radius 1 is 0.795 bits per heavy atom. The van der Waals surface area contributed by atoms with Gasteiger partial charge >= 0.3 is 0 Å². The third kappa shape index (κ3) is 3.70. The van der Waals surface area contributed by atoms with E-state index in [1.807, 2.05) is 4.90 Å². The van der Waals surface area contributed by atoms with Crippen LogP contribution in [-0.2, 0) is 0 Å². The summed E-state index contributed by atoms with van der Waals surface area (Å²) < 4.78 is 31.1. The Labute approximate surface area is 253 Å². The summed E-state index contributed by atoms with van der Waals surface area (Å²) in [4.78, 5) is 46.3. The van der Waals surface area contributed by atoms with Gasteiger partial charge in [-0.05, 0) is 48.5 Å². The van der Waals surface area contributed by atoms with Crippen LogP contribution in [0.25, 0.3) is 6.08 Å². The van der Waals surface area contributed by atoms with Crippen molar-refractivity contribution in [2.45, 2.75) is 18.0 Å². The van der Waals surface area contributed by atoms with Crippen LogP contribution in [0.2, 0.25) is 0 Å². The maximum atomic E-state index is 14.8. The number of ether oxygens (including phenoxy) is 3. The standard InChI is InChI=1S/C36H28FNO6/c1-42-23-12-8-20(9-13-23)33(39)32-31(27-15-14-24(43-2)19-29(27)44-3)36(34(40)25-6-4-5-7-26(25)35(36)41)30-17-10-21-18-22(37)11-16-28(21)38(30)32/h4-19,30-32H,1-3H3/t30-,31-,32-/m1/s1. The lowest BCUT2D eigenvalue weighted by atomic mass is 9.64. The van der Waals surface area contributed by atoms with Gasteiger partial charge in [-0.15, -0.1) is 0 Å². The molecule has 1 fully saturated rings. The topological polar surface area (TPSA) is 82.1 Å². The minimum absolute atomic E-state index is 0.306. The quantitative estimate of drug-likeness (QED) is 0.197. The van der Waals surface area contributed by atoms with E-state index in [0.29, 0.717) is 50.8 Å². The Kier molecular flexibility index (Phi) is 6.39. The number of benzene rings is 4. The van der Waals surface area contributed by atoms with Crippen molar-refractivity contribution in [3.63, 3.8) is 0 Å². The Hall–Kier alpha value is -5.24. The van der Waals surface area contributed by atoms with Gasteiger partial charge < -0.3 is 19.1 Å². The molecular weight excluding hydrogens is 561 g/mol. The summed E-state index contributed by atoms with van der Waals surface area (Å²) in [6, 6.07) is 21.1. The molecular formula is C36H28FNO6. The molecule has 7 rings (SSSR count). The van der Waals surface area contributed by atoms with Gasteiger partial charge in [0.05, 0.1) is 27.4 Å². The molecule has 0 unspecified atom stereocenters. The SMILES string of the molecule is COc1ccc(C(=O)[C@H]2[C@@H](c3ccc(OC)cc3OC)C3(C(=O)c4ccccc4C3=O)[C@H]3C=Cc4cc(F)ccc4N23)cc1. The summed E-state index contributed by atoms with van der Waals surface area (Å²) in [6.07, 6.45) is 3.49. The van der Waals surface area contributed by atoms with Crippen molar-refractivity contribution in [3.8, 4) is 17.2 Å². The summed E-state index contributed by atoms with van der Waals surface area (Å²) in [7, 11) is 4.57. The number of hydrogen-bond donors (Lipinski definition) is 0. The van der Waals surface area contributed by atoms with Crippen molar-refractivity contribution in [3.05, 3.63) is 125 Å². The smallest absolute Gasteiger partial charge is 0.185 e. The molecule has 2 aliphatic heterocycles. The number of ketones is 3. The van der Waals surface area contributed by atoms with Gasteiger partial charge in [0, 0.05) is 45.5 Å². The highest BCUT2D eigenvalue weighted by Crippen LogP contribution is 2.62. The highest BCUT2D eigenvalue weighted by Gasteiger charge is 2.72. The van der Waals surface area contributed by atoms with E-state index in [1.54, 1.807) is 92.1 Å². The zero-order valence-electron chi connectivity index (χ0n) is 24.2. The molecule has 4 aromatic rings. The number of Topliss-reactive ketones (excluding diaryl/α,β-unsaturated/α-hetero) is 3. The first kappa shape index (κ1) is 27.6. The Morgan fingerprint density at radius 3 is 2.09 bits per heavy atom. The lowest BCUT2D eigenvalue weighted by Gasteiger charge is -2.37. The molecule has 8 heteroatoms. The molecule has 220 valence electrons. The average Bonchev–Trinajstić information content (AvgIpc) is 3.49. The number of nitrogens with zero attached hydrogens (tertiary/aromatic N) is 1. The van der Waals surface area contributed by atoms with E-state index in [2.05, 4.69) is 0 Å². The van der Waals surface area contributed by atoms with Gasteiger partial charge in [-0.2, -0.15) is 0 Å². The van der Waals surface area contributed by atoms with Crippen LogP contribution >= 0.6 is 0 Å². The van der Waals surface area contributed by atoms with E-state index >= 15 is 0 Å². The molecule has 1 saturated heterocycles. The molecule has 0 N–H and O–H groups in total. The van der Waals surface area contributed by atoms with E-state index in [-0.39, 0.29) is 17.3 Å². The maximum absolute atomic E-state index is 14.8. The first-order valence-electron chi connectivity index (χ1n) is 14.2. The summed E-state index contributed by atoms with van der Waals surface area (Å²) >= 11 is 0. The van der Waals surface area contributed by atoms with E-state index in [4.69, 9.17) is 14.2 Å². The number of carbonyl (C=O) groups excluding carboxylic acids is 3. The zero-order chi connectivity index (χ0) is 30.7. The van der Waals surface area contributed by atoms with Crippen LogP contribution in [0.3, 0.4) is 0 Å².